The van der Waals surface area contributed by atoms with Crippen LogP contribution in [0.15, 0.2) is 35.7 Å². The predicted octanol–water partition coefficient (Wildman–Crippen LogP) is 3.53. The lowest BCUT2D eigenvalue weighted by Gasteiger charge is -2.23. The van der Waals surface area contributed by atoms with Crippen LogP contribution in [-0.2, 0) is 11.3 Å². The molecular formula is C18H23N3O2S. The van der Waals surface area contributed by atoms with Crippen molar-refractivity contribution in [3.8, 4) is 0 Å². The molecule has 0 saturated carbocycles. The third kappa shape index (κ3) is 4.91. The highest BCUT2D eigenvalue weighted by molar-refractivity contribution is 7.09. The lowest BCUT2D eigenvalue weighted by Crippen LogP contribution is -2.46. The molecule has 2 N–H and O–H groups in total. The summed E-state index contributed by atoms with van der Waals surface area (Å²) < 4.78 is 0. The number of anilines is 1. The minimum absolute atomic E-state index is 0.323. The molecule has 0 saturated heterocycles. The van der Waals surface area contributed by atoms with E-state index in [1.165, 1.54) is 4.88 Å². The first-order valence-electron chi connectivity index (χ1n) is 7.78. The summed E-state index contributed by atoms with van der Waals surface area (Å²) in [6, 6.07) is 8.83. The number of aryl methyl sites for hydroxylation is 2. The van der Waals surface area contributed by atoms with Crippen LogP contribution in [-0.4, -0.2) is 29.9 Å². The topological polar surface area (TPSA) is 61.4 Å². The van der Waals surface area contributed by atoms with Gasteiger partial charge in [0.1, 0.15) is 0 Å². The number of urea groups is 1. The quantitative estimate of drug-likeness (QED) is 0.871. The standard InChI is InChI=1S/C18H23N3O2S/c1-12-7-8-16(13(2)10-12)19-18(23)20-17(22)14(3)21(4)11-15-6-5-9-24-15/h5-10,14H,11H2,1-4H3,(H2,19,20,22,23)/t14-/m1/s1. The maximum absolute atomic E-state index is 12.2. The Bertz CT molecular complexity index is 713. The molecule has 1 aromatic carbocycles. The number of nitrogens with one attached hydrogen (secondary N) is 2. The van der Waals surface area contributed by atoms with E-state index in [9.17, 15) is 9.59 Å². The van der Waals surface area contributed by atoms with Gasteiger partial charge in [-0.1, -0.05) is 23.8 Å². The van der Waals surface area contributed by atoms with Crippen LogP contribution in [0.25, 0.3) is 0 Å². The normalized spacial score (nSPS) is 12.0. The van der Waals surface area contributed by atoms with Crippen LogP contribution in [0.3, 0.4) is 0 Å². The summed E-state index contributed by atoms with van der Waals surface area (Å²) in [4.78, 5) is 27.4. The molecule has 0 unspecified atom stereocenters. The molecule has 128 valence electrons. The second kappa shape index (κ2) is 8.08. The van der Waals surface area contributed by atoms with Gasteiger partial charge in [-0.25, -0.2) is 4.79 Å². The molecule has 1 aromatic heterocycles. The van der Waals surface area contributed by atoms with Crippen molar-refractivity contribution in [1.29, 1.82) is 0 Å². The number of likely N-dealkylation sites (N-methyl/N-ethyl adjacent to an activating group) is 1. The molecule has 6 heteroatoms. The molecule has 1 atom stereocenters. The summed E-state index contributed by atoms with van der Waals surface area (Å²) in [6.45, 7) is 6.37. The van der Waals surface area contributed by atoms with E-state index < -0.39 is 12.1 Å². The lowest BCUT2D eigenvalue weighted by molar-refractivity contribution is -0.124. The minimum Gasteiger partial charge on any atom is -0.307 e. The summed E-state index contributed by atoms with van der Waals surface area (Å²) in [7, 11) is 1.87. The monoisotopic (exact) mass is 345 g/mol. The fraction of sp³-hybridized carbons (Fsp3) is 0.333. The molecule has 24 heavy (non-hydrogen) atoms. The largest absolute Gasteiger partial charge is 0.325 e. The fourth-order valence-corrected chi connectivity index (χ4v) is 3.08. The maximum atomic E-state index is 12.2. The van der Waals surface area contributed by atoms with Crippen LogP contribution in [0, 0.1) is 13.8 Å². The van der Waals surface area contributed by atoms with Gasteiger partial charge in [-0.15, -0.1) is 11.3 Å². The van der Waals surface area contributed by atoms with Gasteiger partial charge in [0.2, 0.25) is 5.91 Å². The molecule has 0 spiro atoms. The molecule has 0 fully saturated rings. The summed E-state index contributed by atoms with van der Waals surface area (Å²) >= 11 is 1.65. The van der Waals surface area contributed by atoms with Gasteiger partial charge in [0.25, 0.3) is 0 Å². The molecule has 2 aromatic rings. The average molecular weight is 345 g/mol. The van der Waals surface area contributed by atoms with Gasteiger partial charge in [0.05, 0.1) is 6.04 Å². The second-order valence-corrected chi connectivity index (χ2v) is 6.96. The molecule has 2 rings (SSSR count). The first-order chi connectivity index (χ1) is 11.4. The molecule has 0 aliphatic carbocycles. The number of carbonyl (C=O) groups excluding carboxylic acids is 2. The Morgan fingerprint density at radius 2 is 2.00 bits per heavy atom. The SMILES string of the molecule is Cc1ccc(NC(=O)NC(=O)[C@@H](C)N(C)Cc2cccs2)c(C)c1. The minimum atomic E-state index is -0.511. The van der Waals surface area contributed by atoms with E-state index >= 15 is 0 Å². The van der Waals surface area contributed by atoms with Crippen LogP contribution in [0.5, 0.6) is 0 Å². The summed E-state index contributed by atoms with van der Waals surface area (Å²) in [5.74, 6) is -0.323. The smallest absolute Gasteiger partial charge is 0.307 e. The number of benzene rings is 1. The van der Waals surface area contributed by atoms with Crippen LogP contribution in [0.4, 0.5) is 10.5 Å². The molecular weight excluding hydrogens is 322 g/mol. The molecule has 0 aliphatic heterocycles. The number of hydrogen-bond acceptors (Lipinski definition) is 4. The van der Waals surface area contributed by atoms with E-state index in [0.29, 0.717) is 12.2 Å². The second-order valence-electron chi connectivity index (χ2n) is 5.93. The Morgan fingerprint density at radius 3 is 2.62 bits per heavy atom. The first kappa shape index (κ1) is 18.2. The maximum Gasteiger partial charge on any atom is 0.325 e. The van der Waals surface area contributed by atoms with Crippen LogP contribution in [0.2, 0.25) is 0 Å². The van der Waals surface area contributed by atoms with Gasteiger partial charge in [-0.05, 0) is 50.9 Å². The van der Waals surface area contributed by atoms with Crippen molar-refractivity contribution in [2.24, 2.45) is 0 Å². The fourth-order valence-electron chi connectivity index (χ4n) is 2.31. The zero-order valence-electron chi connectivity index (χ0n) is 14.4. The van der Waals surface area contributed by atoms with Crippen LogP contribution in [0.1, 0.15) is 22.9 Å². The molecule has 0 radical (unpaired) electrons. The first-order valence-corrected chi connectivity index (χ1v) is 8.66. The third-order valence-electron chi connectivity index (χ3n) is 3.89. The Hall–Kier alpha value is -2.18. The highest BCUT2D eigenvalue weighted by atomic mass is 32.1. The predicted molar refractivity (Wildman–Crippen MR) is 98.3 cm³/mol. The van der Waals surface area contributed by atoms with Gasteiger partial charge >= 0.3 is 6.03 Å². The van der Waals surface area contributed by atoms with Gasteiger partial charge < -0.3 is 5.32 Å². The molecule has 3 amide bonds. The Morgan fingerprint density at radius 1 is 1.25 bits per heavy atom. The number of thiophene rings is 1. The Balaban J connectivity index is 1.89. The van der Waals surface area contributed by atoms with Crippen molar-refractivity contribution in [3.63, 3.8) is 0 Å². The zero-order valence-corrected chi connectivity index (χ0v) is 15.2. The highest BCUT2D eigenvalue weighted by Gasteiger charge is 2.20. The third-order valence-corrected chi connectivity index (χ3v) is 4.75. The molecule has 0 bridgehead atoms. The molecule has 5 nitrogen and oxygen atoms in total. The van der Waals surface area contributed by atoms with E-state index in [-0.39, 0.29) is 5.91 Å². The molecule has 1 heterocycles. The van der Waals surface area contributed by atoms with Gasteiger partial charge in [-0.2, -0.15) is 0 Å². The van der Waals surface area contributed by atoms with Crippen molar-refractivity contribution in [2.45, 2.75) is 33.4 Å². The van der Waals surface area contributed by atoms with Crippen LogP contribution < -0.4 is 10.6 Å². The van der Waals surface area contributed by atoms with Crippen molar-refractivity contribution >= 4 is 29.0 Å². The van der Waals surface area contributed by atoms with Crippen molar-refractivity contribution in [1.82, 2.24) is 10.2 Å². The van der Waals surface area contributed by atoms with Gasteiger partial charge in [0, 0.05) is 17.1 Å². The Kier molecular flexibility index (Phi) is 6.11. The van der Waals surface area contributed by atoms with Crippen LogP contribution >= 0.6 is 11.3 Å². The molecule has 0 aliphatic rings. The number of amides is 3. The van der Waals surface area contributed by atoms with E-state index in [0.717, 1.165) is 11.1 Å². The Labute approximate surface area is 146 Å². The van der Waals surface area contributed by atoms with Crippen molar-refractivity contribution < 1.29 is 9.59 Å². The van der Waals surface area contributed by atoms with Gasteiger partial charge in [-0.3, -0.25) is 15.0 Å². The number of rotatable bonds is 5. The van der Waals surface area contributed by atoms with Crippen molar-refractivity contribution in [2.75, 3.05) is 12.4 Å². The highest BCUT2D eigenvalue weighted by Crippen LogP contribution is 2.16. The van der Waals surface area contributed by atoms with E-state index in [4.69, 9.17) is 0 Å². The van der Waals surface area contributed by atoms with Crippen molar-refractivity contribution in [3.05, 3.63) is 51.7 Å². The lowest BCUT2D eigenvalue weighted by atomic mass is 10.1. The van der Waals surface area contributed by atoms with E-state index in [1.807, 2.05) is 61.5 Å². The van der Waals surface area contributed by atoms with E-state index in [1.54, 1.807) is 18.3 Å². The summed E-state index contributed by atoms with van der Waals surface area (Å²) in [6.07, 6.45) is 0. The van der Waals surface area contributed by atoms with E-state index in [2.05, 4.69) is 10.6 Å². The number of carbonyl (C=O) groups is 2. The average Bonchev–Trinajstić information content (AvgIpc) is 3.02. The number of nitrogens with zero attached hydrogens (tertiary/aromatic N) is 1. The summed E-state index contributed by atoms with van der Waals surface area (Å²) in [5, 5.41) is 7.13. The zero-order chi connectivity index (χ0) is 17.7. The number of imide groups is 1. The number of hydrogen-bond donors (Lipinski definition) is 2. The van der Waals surface area contributed by atoms with Gasteiger partial charge in [0.15, 0.2) is 0 Å². The summed E-state index contributed by atoms with van der Waals surface area (Å²) in [5.41, 5.74) is 2.78.